The van der Waals surface area contributed by atoms with Crippen LogP contribution >= 0.6 is 15.9 Å². The lowest BCUT2D eigenvalue weighted by atomic mass is 10.1. The van der Waals surface area contributed by atoms with Gasteiger partial charge in [-0.1, -0.05) is 31.2 Å². The average Bonchev–Trinajstić information content (AvgIpc) is 2.38. The van der Waals surface area contributed by atoms with Gasteiger partial charge in [0, 0.05) is 17.2 Å². The molecule has 1 aromatic heterocycles. The molecule has 0 atom stereocenters. The second-order valence-electron chi connectivity index (χ2n) is 4.01. The van der Waals surface area contributed by atoms with Crippen molar-refractivity contribution in [1.82, 2.24) is 4.98 Å². The number of benzene rings is 1. The van der Waals surface area contributed by atoms with E-state index >= 15 is 0 Å². The molecular formula is C14H14BrFN2. The van der Waals surface area contributed by atoms with Crippen molar-refractivity contribution in [2.24, 2.45) is 0 Å². The summed E-state index contributed by atoms with van der Waals surface area (Å²) in [7, 11) is 0. The number of nitrogens with one attached hydrogen (secondary N) is 1. The van der Waals surface area contributed by atoms with E-state index in [4.69, 9.17) is 0 Å². The zero-order valence-electron chi connectivity index (χ0n) is 10.1. The van der Waals surface area contributed by atoms with Crippen LogP contribution in [0.15, 0.2) is 41.0 Å². The third-order valence-electron chi connectivity index (χ3n) is 2.70. The number of aromatic nitrogens is 1. The van der Waals surface area contributed by atoms with E-state index in [2.05, 4.69) is 45.3 Å². The summed E-state index contributed by atoms with van der Waals surface area (Å²) in [6.45, 7) is 2.68. The van der Waals surface area contributed by atoms with Crippen LogP contribution in [-0.4, -0.2) is 4.98 Å². The van der Waals surface area contributed by atoms with Crippen LogP contribution in [0, 0.1) is 5.82 Å². The number of aryl methyl sites for hydroxylation is 1. The quantitative estimate of drug-likeness (QED) is 0.917. The van der Waals surface area contributed by atoms with Gasteiger partial charge in [-0.2, -0.15) is 0 Å². The fourth-order valence-electron chi connectivity index (χ4n) is 1.62. The van der Waals surface area contributed by atoms with Crippen LogP contribution in [0.2, 0.25) is 0 Å². The first-order valence-electron chi connectivity index (χ1n) is 5.81. The molecule has 0 amide bonds. The Morgan fingerprint density at radius 2 is 1.89 bits per heavy atom. The topological polar surface area (TPSA) is 24.9 Å². The molecule has 94 valence electrons. The fourth-order valence-corrected chi connectivity index (χ4v) is 1.93. The highest BCUT2D eigenvalue weighted by Crippen LogP contribution is 2.17. The Morgan fingerprint density at radius 3 is 2.50 bits per heavy atom. The molecule has 2 rings (SSSR count). The maximum atomic E-state index is 13.5. The average molecular weight is 309 g/mol. The van der Waals surface area contributed by atoms with E-state index in [0.717, 1.165) is 12.0 Å². The smallest absolute Gasteiger partial charge is 0.166 e. The maximum Gasteiger partial charge on any atom is 0.166 e. The number of pyridine rings is 1. The van der Waals surface area contributed by atoms with Gasteiger partial charge in [0.1, 0.15) is 0 Å². The third kappa shape index (κ3) is 3.29. The lowest BCUT2D eigenvalue weighted by Gasteiger charge is -2.07. The van der Waals surface area contributed by atoms with Crippen molar-refractivity contribution in [3.63, 3.8) is 0 Å². The highest BCUT2D eigenvalue weighted by atomic mass is 79.9. The van der Waals surface area contributed by atoms with Crippen LogP contribution in [-0.2, 0) is 13.0 Å². The number of halogens is 2. The summed E-state index contributed by atoms with van der Waals surface area (Å²) in [5, 5.41) is 2.99. The fraction of sp³-hybridized carbons (Fsp3) is 0.214. The Labute approximate surface area is 114 Å². The minimum absolute atomic E-state index is 0.276. The summed E-state index contributed by atoms with van der Waals surface area (Å²) in [4.78, 5) is 3.99. The Hall–Kier alpha value is -1.42. The van der Waals surface area contributed by atoms with E-state index in [9.17, 15) is 4.39 Å². The van der Waals surface area contributed by atoms with E-state index in [1.54, 1.807) is 6.20 Å². The molecule has 0 saturated carbocycles. The van der Waals surface area contributed by atoms with Crippen molar-refractivity contribution in [3.8, 4) is 0 Å². The molecule has 1 heterocycles. The zero-order chi connectivity index (χ0) is 13.0. The summed E-state index contributed by atoms with van der Waals surface area (Å²) < 4.78 is 14.2. The molecular weight excluding hydrogens is 295 g/mol. The van der Waals surface area contributed by atoms with Gasteiger partial charge in [0.25, 0.3) is 0 Å². The highest BCUT2D eigenvalue weighted by molar-refractivity contribution is 9.10. The number of hydrogen-bond donors (Lipinski definition) is 1. The Balaban J connectivity index is 2.02. The predicted molar refractivity (Wildman–Crippen MR) is 75.0 cm³/mol. The molecule has 1 aromatic carbocycles. The summed E-state index contributed by atoms with van der Waals surface area (Å²) in [5.41, 5.74) is 2.41. The minimum Gasteiger partial charge on any atom is -0.364 e. The molecule has 1 N–H and O–H groups in total. The van der Waals surface area contributed by atoms with E-state index in [-0.39, 0.29) is 11.6 Å². The van der Waals surface area contributed by atoms with E-state index < -0.39 is 0 Å². The molecule has 0 aliphatic carbocycles. The third-order valence-corrected chi connectivity index (χ3v) is 3.13. The number of hydrogen-bond acceptors (Lipinski definition) is 2. The lowest BCUT2D eigenvalue weighted by molar-refractivity contribution is 0.623. The van der Waals surface area contributed by atoms with E-state index in [0.29, 0.717) is 11.0 Å². The van der Waals surface area contributed by atoms with Crippen molar-refractivity contribution in [3.05, 3.63) is 57.9 Å². The van der Waals surface area contributed by atoms with E-state index in [1.165, 1.54) is 11.6 Å². The first-order valence-corrected chi connectivity index (χ1v) is 6.61. The highest BCUT2D eigenvalue weighted by Gasteiger charge is 2.03. The molecule has 2 aromatic rings. The summed E-state index contributed by atoms with van der Waals surface area (Å²) >= 11 is 3.18. The molecule has 0 spiro atoms. The lowest BCUT2D eigenvalue weighted by Crippen LogP contribution is -2.03. The van der Waals surface area contributed by atoms with Crippen LogP contribution in [0.4, 0.5) is 10.2 Å². The van der Waals surface area contributed by atoms with Gasteiger partial charge in [0.05, 0.1) is 0 Å². The molecule has 0 bridgehead atoms. The van der Waals surface area contributed by atoms with Gasteiger partial charge in [-0.05, 0) is 39.5 Å². The van der Waals surface area contributed by atoms with Crippen molar-refractivity contribution >= 4 is 21.7 Å². The molecule has 18 heavy (non-hydrogen) atoms. The van der Waals surface area contributed by atoms with Gasteiger partial charge in [0.2, 0.25) is 0 Å². The van der Waals surface area contributed by atoms with Crippen molar-refractivity contribution in [2.45, 2.75) is 19.9 Å². The van der Waals surface area contributed by atoms with Crippen LogP contribution in [0.5, 0.6) is 0 Å². The molecule has 0 unspecified atom stereocenters. The second-order valence-corrected chi connectivity index (χ2v) is 4.92. The van der Waals surface area contributed by atoms with Crippen molar-refractivity contribution in [2.75, 3.05) is 5.32 Å². The SMILES string of the molecule is CCc1ccc(CNc2ncc(Br)cc2F)cc1. The number of anilines is 1. The summed E-state index contributed by atoms with van der Waals surface area (Å²) in [6, 6.07) is 9.66. The first kappa shape index (κ1) is 13.0. The van der Waals surface area contributed by atoms with Crippen LogP contribution in [0.3, 0.4) is 0 Å². The summed E-state index contributed by atoms with van der Waals surface area (Å²) in [5.74, 6) is -0.0766. The van der Waals surface area contributed by atoms with Gasteiger partial charge in [-0.25, -0.2) is 9.37 Å². The molecule has 2 nitrogen and oxygen atoms in total. The largest absolute Gasteiger partial charge is 0.364 e. The molecule has 4 heteroatoms. The normalized spacial score (nSPS) is 10.4. The Kier molecular flexibility index (Phi) is 4.31. The molecule has 0 aliphatic rings. The molecule has 0 aliphatic heterocycles. The Bertz CT molecular complexity index is 526. The molecule has 0 saturated heterocycles. The van der Waals surface area contributed by atoms with Crippen molar-refractivity contribution in [1.29, 1.82) is 0 Å². The first-order chi connectivity index (χ1) is 8.69. The number of nitrogens with zero attached hydrogens (tertiary/aromatic N) is 1. The maximum absolute atomic E-state index is 13.5. The van der Waals surface area contributed by atoms with Gasteiger partial charge in [-0.3, -0.25) is 0 Å². The van der Waals surface area contributed by atoms with Crippen molar-refractivity contribution < 1.29 is 4.39 Å². The zero-order valence-corrected chi connectivity index (χ0v) is 11.7. The molecule has 0 fully saturated rings. The van der Waals surface area contributed by atoms with E-state index in [1.807, 2.05) is 12.1 Å². The predicted octanol–water partition coefficient (Wildman–Crippen LogP) is 4.16. The second kappa shape index (κ2) is 5.96. The van der Waals surface area contributed by atoms with Gasteiger partial charge in [-0.15, -0.1) is 0 Å². The Morgan fingerprint density at radius 1 is 1.22 bits per heavy atom. The standard InChI is InChI=1S/C14H14BrFN2/c1-2-10-3-5-11(6-4-10)8-17-14-13(16)7-12(15)9-18-14/h3-7,9H,2,8H2,1H3,(H,17,18). The van der Waals surface area contributed by atoms with Gasteiger partial charge in [0.15, 0.2) is 11.6 Å². The monoisotopic (exact) mass is 308 g/mol. The molecule has 0 radical (unpaired) electrons. The summed E-state index contributed by atoms with van der Waals surface area (Å²) in [6.07, 6.45) is 2.60. The van der Waals surface area contributed by atoms with Crippen LogP contribution in [0.25, 0.3) is 0 Å². The minimum atomic E-state index is -0.352. The van der Waals surface area contributed by atoms with Crippen LogP contribution in [0.1, 0.15) is 18.1 Å². The van der Waals surface area contributed by atoms with Gasteiger partial charge < -0.3 is 5.32 Å². The van der Waals surface area contributed by atoms with Crippen LogP contribution < -0.4 is 5.32 Å². The van der Waals surface area contributed by atoms with Gasteiger partial charge >= 0.3 is 0 Å². The number of rotatable bonds is 4.